The second-order valence-electron chi connectivity index (χ2n) is 20.0. The van der Waals surface area contributed by atoms with E-state index in [2.05, 4.69) is 41.6 Å². The first kappa shape index (κ1) is 64.0. The van der Waals surface area contributed by atoms with Gasteiger partial charge in [-0.3, -0.25) is 30.0 Å². The zero-order valence-corrected chi connectivity index (χ0v) is 45.9. The number of carbonyl (C=O) groups is 6. The average Bonchev–Trinajstić information content (AvgIpc) is 3.34. The number of methoxy groups -OCH3 is 1. The summed E-state index contributed by atoms with van der Waals surface area (Å²) in [5.41, 5.74) is 8.03. The second-order valence-corrected chi connectivity index (χ2v) is 20.0. The van der Waals surface area contributed by atoms with Crippen LogP contribution in [0.2, 0.25) is 0 Å². The van der Waals surface area contributed by atoms with E-state index in [0.29, 0.717) is 70.8 Å². The van der Waals surface area contributed by atoms with E-state index in [1.54, 1.807) is 74.4 Å². The molecule has 77 heavy (non-hydrogen) atoms. The number of carbonyl (C=O) groups excluding carboxylic acids is 6. The molecule has 0 spiro atoms. The SMILES string of the molecule is COC(=O)C[C@H](NC(=O)CNC(=O)[C@H](CCCN=C(NC(=O)OC(C)(C)C)NC(=O)OC(C)(C)C)NC(=O)OC(C)(C)C)c1ccc(-c2ccc(OCCOCCOCCOCCOCCN=[N+]=[N-])c3ccccc23)cc1. The van der Waals surface area contributed by atoms with Gasteiger partial charge in [-0.25, -0.2) is 14.4 Å². The molecule has 5 amide bonds. The Bertz CT molecular complexity index is 2410. The van der Waals surface area contributed by atoms with Gasteiger partial charge in [0.2, 0.25) is 17.8 Å². The third kappa shape index (κ3) is 27.4. The van der Waals surface area contributed by atoms with Gasteiger partial charge in [-0.2, -0.15) is 0 Å². The molecule has 0 heterocycles. The Balaban J connectivity index is 1.63. The van der Waals surface area contributed by atoms with Crippen molar-refractivity contribution in [2.24, 2.45) is 10.1 Å². The average molecular weight is 1080 g/mol. The van der Waals surface area contributed by atoms with Crippen LogP contribution in [0.15, 0.2) is 70.8 Å². The summed E-state index contributed by atoms with van der Waals surface area (Å²) in [6.07, 6.45) is -2.76. The Morgan fingerprint density at radius 3 is 1.70 bits per heavy atom. The van der Waals surface area contributed by atoms with Gasteiger partial charge >= 0.3 is 24.2 Å². The first-order valence-electron chi connectivity index (χ1n) is 25.2. The summed E-state index contributed by atoms with van der Waals surface area (Å²) in [4.78, 5) is 84.6. The van der Waals surface area contributed by atoms with Crippen molar-refractivity contribution in [3.05, 3.63) is 76.7 Å². The van der Waals surface area contributed by atoms with Crippen LogP contribution in [0.5, 0.6) is 5.75 Å². The Labute approximate surface area is 449 Å². The number of amides is 5. The highest BCUT2D eigenvalue weighted by atomic mass is 16.6. The number of nitrogens with one attached hydrogen (secondary N) is 5. The number of aliphatic imine (C=N–C) groups is 1. The van der Waals surface area contributed by atoms with E-state index in [1.165, 1.54) is 7.11 Å². The fourth-order valence-electron chi connectivity index (χ4n) is 6.82. The monoisotopic (exact) mass is 1080 g/mol. The summed E-state index contributed by atoms with van der Waals surface area (Å²) in [5.74, 6) is -1.53. The molecular formula is C53H77N9O15. The third-order valence-corrected chi connectivity index (χ3v) is 10.0. The van der Waals surface area contributed by atoms with E-state index >= 15 is 0 Å². The summed E-state index contributed by atoms with van der Waals surface area (Å²) in [6.45, 7) is 18.1. The number of nitrogens with zero attached hydrogens (tertiary/aromatic N) is 4. The Morgan fingerprint density at radius 1 is 0.623 bits per heavy atom. The maximum atomic E-state index is 13.6. The lowest BCUT2D eigenvalue weighted by molar-refractivity contribution is -0.141. The molecule has 5 N–H and O–H groups in total. The van der Waals surface area contributed by atoms with Crippen LogP contribution >= 0.6 is 0 Å². The molecule has 3 rings (SSSR count). The molecule has 0 aliphatic carbocycles. The summed E-state index contributed by atoms with van der Waals surface area (Å²) in [6, 6.07) is 17.0. The van der Waals surface area contributed by atoms with E-state index in [-0.39, 0.29) is 38.3 Å². The Kier molecular flexibility index (Phi) is 27.5. The van der Waals surface area contributed by atoms with Gasteiger partial charge in [0.1, 0.15) is 35.2 Å². The number of alkyl carbamates (subject to hydrolysis) is 3. The van der Waals surface area contributed by atoms with Gasteiger partial charge in [-0.1, -0.05) is 59.7 Å². The maximum Gasteiger partial charge on any atom is 0.414 e. The minimum atomic E-state index is -1.21. The first-order valence-corrected chi connectivity index (χ1v) is 25.2. The van der Waals surface area contributed by atoms with Crippen LogP contribution < -0.4 is 31.3 Å². The number of rotatable bonds is 29. The van der Waals surface area contributed by atoms with Crippen molar-refractivity contribution >= 4 is 52.8 Å². The molecule has 0 saturated heterocycles. The molecule has 2 atom stereocenters. The summed E-state index contributed by atoms with van der Waals surface area (Å²) < 4.78 is 49.0. The molecule has 0 aromatic heterocycles. The number of ether oxygens (including phenoxy) is 9. The summed E-state index contributed by atoms with van der Waals surface area (Å²) in [7, 11) is 1.24. The van der Waals surface area contributed by atoms with E-state index in [4.69, 9.17) is 48.2 Å². The molecule has 0 aliphatic rings. The molecule has 24 nitrogen and oxygen atoms in total. The molecule has 0 bridgehead atoms. The van der Waals surface area contributed by atoms with Gasteiger partial charge in [0.15, 0.2) is 0 Å². The van der Waals surface area contributed by atoms with Gasteiger partial charge in [-0.05, 0) is 109 Å². The topological polar surface area (TPSA) is 307 Å². The predicted octanol–water partition coefficient (Wildman–Crippen LogP) is 7.18. The number of guanidine groups is 1. The van der Waals surface area contributed by atoms with Crippen LogP contribution in [0.3, 0.4) is 0 Å². The number of azide groups is 1. The van der Waals surface area contributed by atoms with Crippen molar-refractivity contribution in [1.82, 2.24) is 26.6 Å². The minimum Gasteiger partial charge on any atom is -0.491 e. The molecule has 3 aromatic rings. The van der Waals surface area contributed by atoms with Crippen molar-refractivity contribution in [3.8, 4) is 16.9 Å². The molecule has 424 valence electrons. The fourth-order valence-corrected chi connectivity index (χ4v) is 6.82. The van der Waals surface area contributed by atoms with Crippen LogP contribution in [0.4, 0.5) is 14.4 Å². The van der Waals surface area contributed by atoms with Crippen molar-refractivity contribution < 1.29 is 71.4 Å². The van der Waals surface area contributed by atoms with Crippen LogP contribution in [0, 0.1) is 0 Å². The molecule has 3 aromatic carbocycles. The lowest BCUT2D eigenvalue weighted by atomic mass is 9.95. The number of hydrogen-bond donors (Lipinski definition) is 5. The van der Waals surface area contributed by atoms with Crippen molar-refractivity contribution in [2.75, 3.05) is 86.2 Å². The summed E-state index contributed by atoms with van der Waals surface area (Å²) >= 11 is 0. The molecule has 0 fully saturated rings. The molecule has 0 unspecified atom stereocenters. The molecule has 0 radical (unpaired) electrons. The highest BCUT2D eigenvalue weighted by molar-refractivity contribution is 6.02. The van der Waals surface area contributed by atoms with E-state index in [0.717, 1.165) is 21.9 Å². The number of benzene rings is 3. The van der Waals surface area contributed by atoms with Crippen LogP contribution in [0.1, 0.15) is 93.2 Å². The number of esters is 1. The van der Waals surface area contributed by atoms with Crippen LogP contribution in [-0.2, 0) is 52.3 Å². The van der Waals surface area contributed by atoms with Gasteiger partial charge in [0, 0.05) is 23.4 Å². The van der Waals surface area contributed by atoms with E-state index < -0.39 is 71.5 Å². The Hall–Kier alpha value is -7.24. The molecule has 24 heteroatoms. The lowest BCUT2D eigenvalue weighted by Crippen LogP contribution is -2.50. The van der Waals surface area contributed by atoms with Crippen molar-refractivity contribution in [1.29, 1.82) is 0 Å². The summed E-state index contributed by atoms with van der Waals surface area (Å²) in [5, 5.41) is 17.9. The van der Waals surface area contributed by atoms with Gasteiger partial charge in [0.25, 0.3) is 0 Å². The molecule has 0 aliphatic heterocycles. The zero-order valence-electron chi connectivity index (χ0n) is 45.9. The third-order valence-electron chi connectivity index (χ3n) is 10.0. The van der Waals surface area contributed by atoms with Gasteiger partial charge in [-0.15, -0.1) is 0 Å². The second kappa shape index (κ2) is 33.0. The molecule has 0 saturated carbocycles. The first-order chi connectivity index (χ1) is 36.5. The van der Waals surface area contributed by atoms with Crippen molar-refractivity contribution in [3.63, 3.8) is 0 Å². The van der Waals surface area contributed by atoms with E-state index in [1.807, 2.05) is 48.5 Å². The van der Waals surface area contributed by atoms with Crippen molar-refractivity contribution in [2.45, 2.75) is 110 Å². The molecular weight excluding hydrogens is 1000 g/mol. The quantitative estimate of drug-likeness (QED) is 0.00672. The smallest absolute Gasteiger partial charge is 0.414 e. The predicted molar refractivity (Wildman–Crippen MR) is 286 cm³/mol. The normalized spacial score (nSPS) is 12.2. The standard InChI is InChI=1S/C53H77N9O15/c1-51(2,3)75-48(66)59-41(16-13-23-55-47(60-49(67)76-52(4,5)6)61-50(68)77-53(7,8)9)46(65)56-35-44(63)58-42(34-45(64)69-10)37-19-17-36(18-20-37)38-21-22-43(40-15-12-11-14-39(38)40)74-33-32-73-31-30-72-29-28-71-27-26-70-25-24-57-62-54/h11-12,14-15,17-22,41-42H,13,16,23-35H2,1-10H3,(H,56,65)(H,58,63)(H,59,66)(H2,55,60,61,67,68)/t41-,42-/m0/s1. The maximum absolute atomic E-state index is 13.6. The van der Waals surface area contributed by atoms with Gasteiger partial charge < -0.3 is 58.6 Å². The van der Waals surface area contributed by atoms with E-state index in [9.17, 15) is 28.8 Å². The minimum absolute atomic E-state index is 0.0162. The largest absolute Gasteiger partial charge is 0.491 e. The fraction of sp³-hybridized carbons (Fsp3) is 0.566. The van der Waals surface area contributed by atoms with Gasteiger partial charge in [0.05, 0.1) is 79.0 Å². The highest BCUT2D eigenvalue weighted by Crippen LogP contribution is 2.35. The zero-order chi connectivity index (χ0) is 56.9. The Morgan fingerprint density at radius 2 is 1.16 bits per heavy atom. The van der Waals surface area contributed by atoms with Crippen LogP contribution in [-0.4, -0.2) is 151 Å². The highest BCUT2D eigenvalue weighted by Gasteiger charge is 2.27. The lowest BCUT2D eigenvalue weighted by Gasteiger charge is -2.24. The van der Waals surface area contributed by atoms with Crippen LogP contribution in [0.25, 0.3) is 32.3 Å². The number of fused-ring (bicyclic) bond motifs is 1. The number of hydrogen-bond acceptors (Lipinski definition) is 17.